The van der Waals surface area contributed by atoms with Gasteiger partial charge in [0, 0.05) is 12.1 Å². The number of esters is 1. The van der Waals surface area contributed by atoms with Crippen molar-refractivity contribution in [2.45, 2.75) is 58.0 Å². The normalized spacial score (nSPS) is 14.1. The molecule has 24 heavy (non-hydrogen) atoms. The second-order valence-electron chi connectivity index (χ2n) is 5.88. The number of ether oxygens (including phenoxy) is 1. The Morgan fingerprint density at radius 3 is 2.33 bits per heavy atom. The van der Waals surface area contributed by atoms with Crippen molar-refractivity contribution in [1.82, 2.24) is 4.98 Å². The average molecular weight is 345 g/mol. The van der Waals surface area contributed by atoms with E-state index in [0.717, 1.165) is 32.1 Å². The lowest BCUT2D eigenvalue weighted by atomic mass is 9.79. The fourth-order valence-electron chi connectivity index (χ4n) is 2.44. The first-order valence-corrected chi connectivity index (χ1v) is 7.75. The first-order chi connectivity index (χ1) is 11.1. The second kappa shape index (κ2) is 7.77. The third-order valence-electron chi connectivity index (χ3n) is 3.95. The van der Waals surface area contributed by atoms with Crippen molar-refractivity contribution in [3.8, 4) is 0 Å². The van der Waals surface area contributed by atoms with Crippen LogP contribution in [-0.2, 0) is 25.9 Å². The van der Waals surface area contributed by atoms with E-state index < -0.39 is 28.9 Å². The van der Waals surface area contributed by atoms with E-state index in [4.69, 9.17) is 0 Å². The highest BCUT2D eigenvalue weighted by molar-refractivity contribution is 6.08. The standard InChI is InChI=1S/C17H22F3NO3/c1-5-6-7-8-14(22)16(3,15(23)24-4)13-10-12(17(18,19)20)9-11(2)21-13/h9-10H,5-8H2,1-4H3. The van der Waals surface area contributed by atoms with Crippen molar-refractivity contribution in [2.75, 3.05) is 7.11 Å². The molecule has 7 heteroatoms. The molecular formula is C17H22F3NO3. The van der Waals surface area contributed by atoms with Crippen LogP contribution in [0.2, 0.25) is 0 Å². The number of carbonyl (C=O) groups excluding carboxylic acids is 2. The maximum Gasteiger partial charge on any atom is 0.416 e. The summed E-state index contributed by atoms with van der Waals surface area (Å²) in [4.78, 5) is 28.8. The van der Waals surface area contributed by atoms with E-state index >= 15 is 0 Å². The molecule has 0 amide bonds. The third-order valence-corrected chi connectivity index (χ3v) is 3.95. The molecule has 0 fully saturated rings. The Balaban J connectivity index is 3.38. The molecule has 0 saturated heterocycles. The number of nitrogens with zero attached hydrogens (tertiary/aromatic N) is 1. The molecule has 0 aromatic carbocycles. The summed E-state index contributed by atoms with van der Waals surface area (Å²) >= 11 is 0. The van der Waals surface area contributed by atoms with E-state index in [-0.39, 0.29) is 17.8 Å². The maximum absolute atomic E-state index is 13.0. The summed E-state index contributed by atoms with van der Waals surface area (Å²) in [6, 6.07) is 1.63. The van der Waals surface area contributed by atoms with Gasteiger partial charge in [-0.25, -0.2) is 0 Å². The molecule has 1 aromatic rings. The van der Waals surface area contributed by atoms with Gasteiger partial charge < -0.3 is 4.74 Å². The summed E-state index contributed by atoms with van der Waals surface area (Å²) in [5.74, 6) is -1.40. The van der Waals surface area contributed by atoms with Gasteiger partial charge in [-0.2, -0.15) is 13.2 Å². The minimum absolute atomic E-state index is 0.0798. The highest BCUT2D eigenvalue weighted by Crippen LogP contribution is 2.34. The summed E-state index contributed by atoms with van der Waals surface area (Å²) in [6.07, 6.45) is -2.29. The third kappa shape index (κ3) is 4.33. The van der Waals surface area contributed by atoms with Crippen LogP contribution in [0.5, 0.6) is 0 Å². The van der Waals surface area contributed by atoms with Crippen molar-refractivity contribution in [3.63, 3.8) is 0 Å². The van der Waals surface area contributed by atoms with E-state index in [1.807, 2.05) is 6.92 Å². The van der Waals surface area contributed by atoms with Gasteiger partial charge in [0.2, 0.25) is 0 Å². The number of methoxy groups -OCH3 is 1. The molecule has 0 bridgehead atoms. The summed E-state index contributed by atoms with van der Waals surface area (Å²) in [6.45, 7) is 4.62. The monoisotopic (exact) mass is 345 g/mol. The molecule has 0 aliphatic rings. The summed E-state index contributed by atoms with van der Waals surface area (Å²) in [7, 11) is 1.10. The van der Waals surface area contributed by atoms with Gasteiger partial charge in [0.25, 0.3) is 0 Å². The number of aromatic nitrogens is 1. The summed E-state index contributed by atoms with van der Waals surface area (Å²) in [5, 5.41) is 0. The molecule has 0 saturated carbocycles. The first kappa shape index (κ1) is 20.1. The van der Waals surface area contributed by atoms with Crippen LogP contribution in [0.4, 0.5) is 13.2 Å². The Bertz CT molecular complexity index is 614. The average Bonchev–Trinajstić information content (AvgIpc) is 2.51. The van der Waals surface area contributed by atoms with Crippen molar-refractivity contribution in [2.24, 2.45) is 0 Å². The van der Waals surface area contributed by atoms with Gasteiger partial charge in [-0.3, -0.25) is 14.6 Å². The minimum Gasteiger partial charge on any atom is -0.468 e. The van der Waals surface area contributed by atoms with Crippen LogP contribution < -0.4 is 0 Å². The minimum atomic E-state index is -4.59. The molecule has 0 radical (unpaired) electrons. The lowest BCUT2D eigenvalue weighted by Crippen LogP contribution is -2.43. The van der Waals surface area contributed by atoms with Crippen molar-refractivity contribution in [1.29, 1.82) is 0 Å². The smallest absolute Gasteiger partial charge is 0.416 e. The van der Waals surface area contributed by atoms with Gasteiger partial charge in [-0.1, -0.05) is 19.8 Å². The van der Waals surface area contributed by atoms with Crippen LogP contribution in [0, 0.1) is 6.92 Å². The number of hydrogen-bond donors (Lipinski definition) is 0. The molecule has 1 aromatic heterocycles. The van der Waals surface area contributed by atoms with Crippen LogP contribution in [0.25, 0.3) is 0 Å². The lowest BCUT2D eigenvalue weighted by Gasteiger charge is -2.26. The van der Waals surface area contributed by atoms with Crippen LogP contribution in [0.15, 0.2) is 12.1 Å². The molecule has 134 valence electrons. The van der Waals surface area contributed by atoms with E-state index in [1.54, 1.807) is 0 Å². The molecule has 1 heterocycles. The predicted octanol–water partition coefficient (Wildman–Crippen LogP) is 3.99. The largest absolute Gasteiger partial charge is 0.468 e. The highest BCUT2D eigenvalue weighted by Gasteiger charge is 2.46. The van der Waals surface area contributed by atoms with Crippen molar-refractivity contribution < 1.29 is 27.5 Å². The van der Waals surface area contributed by atoms with E-state index in [2.05, 4.69) is 9.72 Å². The fourth-order valence-corrected chi connectivity index (χ4v) is 2.44. The number of carbonyl (C=O) groups is 2. The zero-order valence-corrected chi connectivity index (χ0v) is 14.3. The molecule has 4 nitrogen and oxygen atoms in total. The number of unbranched alkanes of at least 4 members (excludes halogenated alkanes) is 2. The van der Waals surface area contributed by atoms with Crippen LogP contribution in [-0.4, -0.2) is 23.8 Å². The Hall–Kier alpha value is -1.92. The van der Waals surface area contributed by atoms with Gasteiger partial charge in [0.05, 0.1) is 18.4 Å². The number of ketones is 1. The molecular weight excluding hydrogens is 323 g/mol. The van der Waals surface area contributed by atoms with E-state index in [1.165, 1.54) is 13.8 Å². The van der Waals surface area contributed by atoms with Crippen molar-refractivity contribution >= 4 is 11.8 Å². The maximum atomic E-state index is 13.0. The van der Waals surface area contributed by atoms with Gasteiger partial charge in [-0.15, -0.1) is 0 Å². The lowest BCUT2D eigenvalue weighted by molar-refractivity contribution is -0.152. The fraction of sp³-hybridized carbons (Fsp3) is 0.588. The number of pyridine rings is 1. The first-order valence-electron chi connectivity index (χ1n) is 7.75. The topological polar surface area (TPSA) is 56.3 Å². The van der Waals surface area contributed by atoms with Crippen LogP contribution >= 0.6 is 0 Å². The van der Waals surface area contributed by atoms with Crippen LogP contribution in [0.1, 0.15) is 56.5 Å². The second-order valence-corrected chi connectivity index (χ2v) is 5.88. The number of halogens is 3. The van der Waals surface area contributed by atoms with E-state index in [0.29, 0.717) is 6.42 Å². The number of hydrogen-bond acceptors (Lipinski definition) is 4. The SMILES string of the molecule is CCCCCC(=O)C(C)(C(=O)OC)c1cc(C(F)(F)F)cc(C)n1. The Labute approximate surface area is 139 Å². The van der Waals surface area contributed by atoms with Gasteiger partial charge in [0.1, 0.15) is 0 Å². The van der Waals surface area contributed by atoms with Crippen LogP contribution in [0.3, 0.4) is 0 Å². The number of Topliss-reactive ketones (excluding diaryl/α,β-unsaturated/α-hetero) is 1. The quantitative estimate of drug-likeness (QED) is 0.426. The zero-order chi connectivity index (χ0) is 18.5. The van der Waals surface area contributed by atoms with E-state index in [9.17, 15) is 22.8 Å². The summed E-state index contributed by atoms with van der Waals surface area (Å²) in [5.41, 5.74) is -2.95. The molecule has 1 rings (SSSR count). The van der Waals surface area contributed by atoms with Gasteiger partial charge in [-0.05, 0) is 32.4 Å². The molecule has 1 unspecified atom stereocenters. The van der Waals surface area contributed by atoms with Gasteiger partial charge >= 0.3 is 12.1 Å². The number of aryl methyl sites for hydroxylation is 1. The highest BCUT2D eigenvalue weighted by atomic mass is 19.4. The summed E-state index contributed by atoms with van der Waals surface area (Å²) < 4.78 is 43.8. The predicted molar refractivity (Wildman–Crippen MR) is 82.5 cm³/mol. The Morgan fingerprint density at radius 1 is 1.21 bits per heavy atom. The van der Waals surface area contributed by atoms with Gasteiger partial charge in [0.15, 0.2) is 11.2 Å². The molecule has 0 aliphatic carbocycles. The Morgan fingerprint density at radius 2 is 1.83 bits per heavy atom. The molecule has 0 spiro atoms. The molecule has 0 N–H and O–H groups in total. The number of alkyl halides is 3. The molecule has 1 atom stereocenters. The molecule has 0 aliphatic heterocycles. The zero-order valence-electron chi connectivity index (χ0n) is 14.3. The Kier molecular flexibility index (Phi) is 6.51. The number of rotatable bonds is 7. The van der Waals surface area contributed by atoms with Crippen molar-refractivity contribution in [3.05, 3.63) is 29.1 Å².